The minimum absolute atomic E-state index is 0.0939. The first kappa shape index (κ1) is 14.9. The minimum Gasteiger partial charge on any atom is -0.358 e. The van der Waals surface area contributed by atoms with Gasteiger partial charge in [-0.15, -0.1) is 0 Å². The average Bonchev–Trinajstić information content (AvgIpc) is 2.26. The molecule has 0 aromatic heterocycles. The molecule has 2 unspecified atom stereocenters. The molecule has 6 nitrogen and oxygen atoms in total. The van der Waals surface area contributed by atoms with E-state index in [4.69, 9.17) is 5.73 Å². The SMILES string of the molecule is CNC(=O)C(C)NCNC(=O)C(N)C(C)C. The molecule has 0 saturated carbocycles. The van der Waals surface area contributed by atoms with E-state index in [0.29, 0.717) is 0 Å². The van der Waals surface area contributed by atoms with E-state index in [0.717, 1.165) is 0 Å². The van der Waals surface area contributed by atoms with Crippen molar-refractivity contribution in [3.8, 4) is 0 Å². The average molecular weight is 230 g/mol. The maximum Gasteiger partial charge on any atom is 0.238 e. The van der Waals surface area contributed by atoms with E-state index in [-0.39, 0.29) is 30.4 Å². The van der Waals surface area contributed by atoms with Crippen LogP contribution in [0.25, 0.3) is 0 Å². The second kappa shape index (κ2) is 7.19. The quantitative estimate of drug-likeness (QED) is 0.429. The van der Waals surface area contributed by atoms with Crippen LogP contribution in [0.5, 0.6) is 0 Å². The first-order valence-electron chi connectivity index (χ1n) is 5.38. The molecule has 0 spiro atoms. The predicted molar refractivity (Wildman–Crippen MR) is 62.5 cm³/mol. The third kappa shape index (κ3) is 5.09. The third-order valence-corrected chi connectivity index (χ3v) is 2.33. The van der Waals surface area contributed by atoms with Gasteiger partial charge in [-0.1, -0.05) is 13.8 Å². The summed E-state index contributed by atoms with van der Waals surface area (Å²) in [4.78, 5) is 22.5. The van der Waals surface area contributed by atoms with Crippen LogP contribution in [0.15, 0.2) is 0 Å². The van der Waals surface area contributed by atoms with Crippen molar-refractivity contribution in [2.75, 3.05) is 13.7 Å². The van der Waals surface area contributed by atoms with Crippen LogP contribution in [0, 0.1) is 5.92 Å². The fourth-order valence-electron chi connectivity index (χ4n) is 1.02. The summed E-state index contributed by atoms with van der Waals surface area (Å²) in [6.45, 7) is 5.71. The van der Waals surface area contributed by atoms with Crippen LogP contribution in [-0.4, -0.2) is 37.6 Å². The molecule has 0 heterocycles. The Balaban J connectivity index is 3.82. The molecule has 0 aliphatic carbocycles. The number of nitrogens with two attached hydrogens (primary N) is 1. The summed E-state index contributed by atoms with van der Waals surface area (Å²) in [6.07, 6.45) is 0. The number of carbonyl (C=O) groups is 2. The molecule has 0 radical (unpaired) electrons. The molecule has 94 valence electrons. The number of rotatable bonds is 6. The van der Waals surface area contributed by atoms with E-state index in [9.17, 15) is 9.59 Å². The van der Waals surface area contributed by atoms with E-state index in [1.54, 1.807) is 14.0 Å². The summed E-state index contributed by atoms with van der Waals surface area (Å²) in [6, 6.07) is -0.863. The first-order chi connectivity index (χ1) is 7.40. The Hall–Kier alpha value is -1.14. The molecule has 0 aromatic carbocycles. The fraction of sp³-hybridized carbons (Fsp3) is 0.800. The Morgan fingerprint density at radius 1 is 1.19 bits per heavy atom. The van der Waals surface area contributed by atoms with Crippen molar-refractivity contribution in [3.05, 3.63) is 0 Å². The largest absolute Gasteiger partial charge is 0.358 e. The molecule has 0 rings (SSSR count). The number of nitrogens with one attached hydrogen (secondary N) is 3. The molecular formula is C10H22N4O2. The van der Waals surface area contributed by atoms with Gasteiger partial charge in [-0.05, 0) is 12.8 Å². The van der Waals surface area contributed by atoms with Gasteiger partial charge in [0.1, 0.15) is 0 Å². The Kier molecular flexibility index (Phi) is 6.67. The van der Waals surface area contributed by atoms with Gasteiger partial charge in [0.2, 0.25) is 11.8 Å². The predicted octanol–water partition coefficient (Wildman–Crippen LogP) is -1.23. The van der Waals surface area contributed by atoms with Crippen LogP contribution >= 0.6 is 0 Å². The highest BCUT2D eigenvalue weighted by atomic mass is 16.2. The lowest BCUT2D eigenvalue weighted by Gasteiger charge is -2.17. The van der Waals surface area contributed by atoms with Crippen molar-refractivity contribution in [3.63, 3.8) is 0 Å². The Labute approximate surface area is 96.3 Å². The van der Waals surface area contributed by atoms with E-state index in [1.165, 1.54) is 0 Å². The molecule has 0 aliphatic heterocycles. The lowest BCUT2D eigenvalue weighted by Crippen LogP contribution is -2.50. The van der Waals surface area contributed by atoms with Gasteiger partial charge in [-0.25, -0.2) is 0 Å². The second-order valence-corrected chi connectivity index (χ2v) is 4.03. The Bertz CT molecular complexity index is 243. The van der Waals surface area contributed by atoms with Crippen LogP contribution in [0.2, 0.25) is 0 Å². The smallest absolute Gasteiger partial charge is 0.238 e. The molecule has 0 aromatic rings. The number of hydrogen-bond acceptors (Lipinski definition) is 4. The highest BCUT2D eigenvalue weighted by molar-refractivity contribution is 5.82. The van der Waals surface area contributed by atoms with Crippen LogP contribution in [0.3, 0.4) is 0 Å². The molecule has 0 aliphatic rings. The number of carbonyl (C=O) groups excluding carboxylic acids is 2. The lowest BCUT2D eigenvalue weighted by molar-refractivity contribution is -0.125. The van der Waals surface area contributed by atoms with Gasteiger partial charge in [-0.2, -0.15) is 0 Å². The Morgan fingerprint density at radius 2 is 1.75 bits per heavy atom. The zero-order chi connectivity index (χ0) is 12.7. The van der Waals surface area contributed by atoms with Crippen LogP contribution < -0.4 is 21.7 Å². The summed E-state index contributed by atoms with van der Waals surface area (Å²) in [5.74, 6) is -0.245. The van der Waals surface area contributed by atoms with Gasteiger partial charge in [0, 0.05) is 7.05 Å². The zero-order valence-electron chi connectivity index (χ0n) is 10.3. The van der Waals surface area contributed by atoms with Crippen LogP contribution in [-0.2, 0) is 9.59 Å². The summed E-state index contributed by atoms with van der Waals surface area (Å²) in [5.41, 5.74) is 5.64. The van der Waals surface area contributed by atoms with Crippen molar-refractivity contribution >= 4 is 11.8 Å². The van der Waals surface area contributed by atoms with E-state index in [2.05, 4.69) is 16.0 Å². The molecule has 0 bridgehead atoms. The maximum atomic E-state index is 11.4. The topological polar surface area (TPSA) is 96.2 Å². The van der Waals surface area contributed by atoms with Crippen molar-refractivity contribution in [2.24, 2.45) is 11.7 Å². The minimum atomic E-state index is -0.517. The summed E-state index contributed by atoms with van der Waals surface area (Å²) >= 11 is 0. The normalized spacial score (nSPS) is 14.4. The summed E-state index contributed by atoms with van der Waals surface area (Å²) in [5, 5.41) is 7.98. The second-order valence-electron chi connectivity index (χ2n) is 4.03. The van der Waals surface area contributed by atoms with Crippen molar-refractivity contribution in [1.82, 2.24) is 16.0 Å². The number of amides is 2. The van der Waals surface area contributed by atoms with Crippen LogP contribution in [0.1, 0.15) is 20.8 Å². The highest BCUT2D eigenvalue weighted by Crippen LogP contribution is 1.96. The lowest BCUT2D eigenvalue weighted by atomic mass is 10.1. The number of likely N-dealkylation sites (N-methyl/N-ethyl adjacent to an activating group) is 1. The molecule has 0 fully saturated rings. The maximum absolute atomic E-state index is 11.4. The van der Waals surface area contributed by atoms with Crippen molar-refractivity contribution in [2.45, 2.75) is 32.9 Å². The summed E-state index contributed by atoms with van der Waals surface area (Å²) in [7, 11) is 1.56. The van der Waals surface area contributed by atoms with Gasteiger partial charge in [0.05, 0.1) is 18.8 Å². The van der Waals surface area contributed by atoms with Gasteiger partial charge >= 0.3 is 0 Å². The van der Waals surface area contributed by atoms with E-state index < -0.39 is 6.04 Å². The van der Waals surface area contributed by atoms with Crippen molar-refractivity contribution < 1.29 is 9.59 Å². The third-order valence-electron chi connectivity index (χ3n) is 2.33. The van der Waals surface area contributed by atoms with E-state index >= 15 is 0 Å². The highest BCUT2D eigenvalue weighted by Gasteiger charge is 2.17. The van der Waals surface area contributed by atoms with Gasteiger partial charge in [0.15, 0.2) is 0 Å². The molecule has 2 atom stereocenters. The molecular weight excluding hydrogens is 208 g/mol. The monoisotopic (exact) mass is 230 g/mol. The Morgan fingerprint density at radius 3 is 2.19 bits per heavy atom. The molecule has 0 saturated heterocycles. The standard InChI is InChI=1S/C10H22N4O2/c1-6(2)8(11)10(16)14-5-13-7(3)9(15)12-4/h6-8,13H,5,11H2,1-4H3,(H,12,15)(H,14,16). The van der Waals surface area contributed by atoms with Gasteiger partial charge in [0.25, 0.3) is 0 Å². The molecule has 16 heavy (non-hydrogen) atoms. The molecule has 5 N–H and O–H groups in total. The summed E-state index contributed by atoms with van der Waals surface area (Å²) < 4.78 is 0. The van der Waals surface area contributed by atoms with Crippen LogP contribution in [0.4, 0.5) is 0 Å². The fourth-order valence-corrected chi connectivity index (χ4v) is 1.02. The van der Waals surface area contributed by atoms with Crippen molar-refractivity contribution in [1.29, 1.82) is 0 Å². The van der Waals surface area contributed by atoms with E-state index in [1.807, 2.05) is 13.8 Å². The number of hydrogen-bond donors (Lipinski definition) is 4. The van der Waals surface area contributed by atoms with Gasteiger partial charge < -0.3 is 16.4 Å². The van der Waals surface area contributed by atoms with Gasteiger partial charge in [-0.3, -0.25) is 14.9 Å². The molecule has 2 amide bonds. The molecule has 6 heteroatoms. The first-order valence-corrected chi connectivity index (χ1v) is 5.38. The zero-order valence-corrected chi connectivity index (χ0v) is 10.3.